The fraction of sp³-hybridized carbons (Fsp3) is 1.00. The van der Waals surface area contributed by atoms with Gasteiger partial charge in [-0.15, -0.1) is 0 Å². The largest absolute Gasteiger partial charge is 0.380 e. The fourth-order valence-electron chi connectivity index (χ4n) is 3.15. The molecular weight excluding hydrogens is 176 g/mol. The average Bonchev–Trinajstić information content (AvgIpc) is 2.18. The first-order chi connectivity index (χ1) is 5.58. The van der Waals surface area contributed by atoms with E-state index in [0.717, 1.165) is 12.8 Å². The summed E-state index contributed by atoms with van der Waals surface area (Å²) in [5.74, 6) is 0.778. The topological polar surface area (TPSA) is 43.4 Å². The summed E-state index contributed by atoms with van der Waals surface area (Å²) in [5, 5.41) is 0. The number of sulfone groups is 1. The molecule has 0 radical (unpaired) electrons. The normalized spacial score (nSPS) is 54.3. The molecule has 2 atom stereocenters. The van der Waals surface area contributed by atoms with E-state index in [1.54, 1.807) is 0 Å². The van der Waals surface area contributed by atoms with E-state index < -0.39 is 9.84 Å². The van der Waals surface area contributed by atoms with E-state index in [2.05, 4.69) is 0 Å². The van der Waals surface area contributed by atoms with Crippen molar-refractivity contribution in [2.45, 2.75) is 12.8 Å². The molecule has 0 bridgehead atoms. The van der Waals surface area contributed by atoms with E-state index in [0.29, 0.717) is 24.7 Å². The van der Waals surface area contributed by atoms with Crippen molar-refractivity contribution in [3.05, 3.63) is 0 Å². The zero-order valence-electron chi connectivity index (χ0n) is 6.88. The molecular formula is C8H12O3S. The maximum Gasteiger partial charge on any atom is 0.151 e. The van der Waals surface area contributed by atoms with Gasteiger partial charge in [-0.25, -0.2) is 8.42 Å². The van der Waals surface area contributed by atoms with Crippen molar-refractivity contribution in [3.63, 3.8) is 0 Å². The van der Waals surface area contributed by atoms with Gasteiger partial charge in [0.1, 0.15) is 0 Å². The second kappa shape index (κ2) is 1.73. The molecule has 2 saturated heterocycles. The smallest absolute Gasteiger partial charge is 0.151 e. The molecule has 3 rings (SSSR count). The van der Waals surface area contributed by atoms with Gasteiger partial charge < -0.3 is 4.74 Å². The summed E-state index contributed by atoms with van der Waals surface area (Å²) < 4.78 is 28.3. The lowest BCUT2D eigenvalue weighted by Crippen LogP contribution is -2.49. The summed E-state index contributed by atoms with van der Waals surface area (Å²) in [6.07, 6.45) is 2.12. The molecule has 1 aliphatic carbocycles. The number of hydrogen-bond acceptors (Lipinski definition) is 3. The second-order valence-corrected chi connectivity index (χ2v) is 6.65. The molecule has 2 heterocycles. The Morgan fingerprint density at radius 2 is 1.50 bits per heavy atom. The quantitative estimate of drug-likeness (QED) is 0.546. The molecule has 1 saturated carbocycles. The molecule has 0 aromatic rings. The predicted octanol–water partition coefficient (Wildman–Crippen LogP) is 0.212. The zero-order valence-corrected chi connectivity index (χ0v) is 7.69. The Balaban J connectivity index is 2.11. The summed E-state index contributed by atoms with van der Waals surface area (Å²) in [4.78, 5) is 0. The minimum absolute atomic E-state index is 0.0475. The van der Waals surface area contributed by atoms with Crippen molar-refractivity contribution in [3.8, 4) is 0 Å². The van der Waals surface area contributed by atoms with Crippen LogP contribution in [0.4, 0.5) is 0 Å². The molecule has 3 nitrogen and oxygen atoms in total. The van der Waals surface area contributed by atoms with E-state index in [4.69, 9.17) is 4.74 Å². The molecule has 12 heavy (non-hydrogen) atoms. The SMILES string of the molecule is O=S1(=O)CC23CCC2(COC3)C1. The van der Waals surface area contributed by atoms with E-state index in [1.165, 1.54) is 0 Å². The Kier molecular flexibility index (Phi) is 1.05. The van der Waals surface area contributed by atoms with Gasteiger partial charge in [-0.2, -0.15) is 0 Å². The molecule has 2 unspecified atom stereocenters. The maximum absolute atomic E-state index is 11.4. The number of ether oxygens (including phenoxy) is 1. The van der Waals surface area contributed by atoms with Gasteiger partial charge in [0.2, 0.25) is 0 Å². The van der Waals surface area contributed by atoms with Gasteiger partial charge in [0.05, 0.1) is 24.7 Å². The van der Waals surface area contributed by atoms with Gasteiger partial charge in [-0.1, -0.05) is 0 Å². The summed E-state index contributed by atoms with van der Waals surface area (Å²) in [5.41, 5.74) is 0.0949. The third-order valence-corrected chi connectivity index (χ3v) is 5.94. The summed E-state index contributed by atoms with van der Waals surface area (Å²) >= 11 is 0. The lowest BCUT2D eigenvalue weighted by atomic mass is 9.53. The Hall–Kier alpha value is -0.0900. The molecule has 0 aromatic heterocycles. The predicted molar refractivity (Wildman–Crippen MR) is 43.6 cm³/mol. The molecule has 68 valence electrons. The van der Waals surface area contributed by atoms with E-state index >= 15 is 0 Å². The van der Waals surface area contributed by atoms with Crippen LogP contribution in [-0.2, 0) is 14.6 Å². The highest BCUT2D eigenvalue weighted by molar-refractivity contribution is 7.91. The first kappa shape index (κ1) is 7.33. The molecule has 0 amide bonds. The van der Waals surface area contributed by atoms with E-state index in [1.807, 2.05) is 0 Å². The Labute approximate surface area is 72.0 Å². The van der Waals surface area contributed by atoms with Crippen LogP contribution in [0.3, 0.4) is 0 Å². The minimum atomic E-state index is -2.74. The van der Waals surface area contributed by atoms with Crippen LogP contribution in [0.25, 0.3) is 0 Å². The van der Waals surface area contributed by atoms with Gasteiger partial charge in [0, 0.05) is 10.8 Å². The number of hydrogen-bond donors (Lipinski definition) is 0. The highest BCUT2D eigenvalue weighted by Crippen LogP contribution is 2.65. The van der Waals surface area contributed by atoms with Gasteiger partial charge in [0.15, 0.2) is 9.84 Å². The lowest BCUT2D eigenvalue weighted by molar-refractivity contribution is 0.0255. The summed E-state index contributed by atoms with van der Waals surface area (Å²) in [6, 6.07) is 0. The van der Waals surface area contributed by atoms with Crippen molar-refractivity contribution >= 4 is 9.84 Å². The van der Waals surface area contributed by atoms with Crippen LogP contribution in [0.1, 0.15) is 12.8 Å². The fourth-order valence-corrected chi connectivity index (χ4v) is 6.00. The van der Waals surface area contributed by atoms with Gasteiger partial charge in [-0.3, -0.25) is 0 Å². The molecule has 0 N–H and O–H groups in total. The number of rotatable bonds is 0. The van der Waals surface area contributed by atoms with Gasteiger partial charge in [-0.05, 0) is 12.8 Å². The van der Waals surface area contributed by atoms with Crippen LogP contribution < -0.4 is 0 Å². The van der Waals surface area contributed by atoms with Crippen molar-refractivity contribution in [2.75, 3.05) is 24.7 Å². The van der Waals surface area contributed by atoms with Crippen molar-refractivity contribution in [1.29, 1.82) is 0 Å². The third-order valence-electron chi connectivity index (χ3n) is 3.96. The molecule has 3 aliphatic rings. The first-order valence-electron chi connectivity index (χ1n) is 4.36. The Bertz CT molecular complexity index is 308. The van der Waals surface area contributed by atoms with Crippen LogP contribution >= 0.6 is 0 Å². The molecule has 3 fully saturated rings. The first-order valence-corrected chi connectivity index (χ1v) is 6.18. The zero-order chi connectivity index (χ0) is 8.45. The van der Waals surface area contributed by atoms with Crippen molar-refractivity contribution in [2.24, 2.45) is 10.8 Å². The summed E-state index contributed by atoms with van der Waals surface area (Å²) in [6.45, 7) is 1.37. The van der Waals surface area contributed by atoms with Crippen molar-refractivity contribution in [1.82, 2.24) is 0 Å². The van der Waals surface area contributed by atoms with Crippen LogP contribution in [-0.4, -0.2) is 33.1 Å². The highest BCUT2D eigenvalue weighted by atomic mass is 32.2. The Morgan fingerprint density at radius 1 is 1.00 bits per heavy atom. The lowest BCUT2D eigenvalue weighted by Gasteiger charge is -2.47. The molecule has 0 aromatic carbocycles. The summed E-state index contributed by atoms with van der Waals surface area (Å²) in [7, 11) is -2.74. The Morgan fingerprint density at radius 3 is 1.92 bits per heavy atom. The minimum Gasteiger partial charge on any atom is -0.380 e. The third kappa shape index (κ3) is 0.610. The van der Waals surface area contributed by atoms with Crippen molar-refractivity contribution < 1.29 is 13.2 Å². The molecule has 4 heteroatoms. The van der Waals surface area contributed by atoms with Gasteiger partial charge >= 0.3 is 0 Å². The highest BCUT2D eigenvalue weighted by Gasteiger charge is 2.69. The second-order valence-electron chi connectivity index (χ2n) is 4.59. The molecule has 0 spiro atoms. The van der Waals surface area contributed by atoms with Crippen LogP contribution in [0.5, 0.6) is 0 Å². The van der Waals surface area contributed by atoms with E-state index in [-0.39, 0.29) is 10.8 Å². The van der Waals surface area contributed by atoms with Gasteiger partial charge in [0.25, 0.3) is 0 Å². The van der Waals surface area contributed by atoms with E-state index in [9.17, 15) is 8.42 Å². The molecule has 2 aliphatic heterocycles. The monoisotopic (exact) mass is 188 g/mol. The van der Waals surface area contributed by atoms with Crippen LogP contribution in [0.2, 0.25) is 0 Å². The van der Waals surface area contributed by atoms with Crippen LogP contribution in [0.15, 0.2) is 0 Å². The standard InChI is InChI=1S/C8H12O3S/c9-12(10)5-7-1-2-8(7,6-12)4-11-3-7/h1-6H2. The maximum atomic E-state index is 11.4. The average molecular weight is 188 g/mol. The van der Waals surface area contributed by atoms with Crippen LogP contribution in [0, 0.1) is 10.8 Å².